The number of aliphatic carboxylic acids is 1. The molecule has 4 nitrogen and oxygen atoms in total. The fourth-order valence-corrected chi connectivity index (χ4v) is 4.01. The van der Waals surface area contributed by atoms with Crippen molar-refractivity contribution < 1.29 is 9.90 Å². The number of aryl methyl sites for hydroxylation is 1. The van der Waals surface area contributed by atoms with Crippen LogP contribution in [0.1, 0.15) is 107 Å². The number of allylic oxidation sites excluding steroid dienone is 1. The molecule has 1 unspecified atom stereocenters. The van der Waals surface area contributed by atoms with Gasteiger partial charge in [0.2, 0.25) is 0 Å². The van der Waals surface area contributed by atoms with E-state index >= 15 is 0 Å². The largest absolute Gasteiger partial charge is 0.478 e. The molecule has 0 radical (unpaired) electrons. The van der Waals surface area contributed by atoms with Gasteiger partial charge in [-0.3, -0.25) is 0 Å². The summed E-state index contributed by atoms with van der Waals surface area (Å²) in [6.45, 7) is 4.43. The molecule has 2 aromatic rings. The van der Waals surface area contributed by atoms with Gasteiger partial charge in [-0.15, -0.1) is 0 Å². The summed E-state index contributed by atoms with van der Waals surface area (Å²) in [5, 5.41) is 9.91. The molecule has 0 aliphatic carbocycles. The Morgan fingerprint density at radius 3 is 2.06 bits per heavy atom. The normalized spacial score (nSPS) is 12.6. The Hall–Kier alpha value is -2.49. The van der Waals surface area contributed by atoms with Gasteiger partial charge in [0.15, 0.2) is 5.82 Å². The predicted molar refractivity (Wildman–Crippen MR) is 133 cm³/mol. The summed E-state index contributed by atoms with van der Waals surface area (Å²) in [5.41, 5.74) is 2.41. The molecule has 1 N–H and O–H groups in total. The van der Waals surface area contributed by atoms with Crippen molar-refractivity contribution in [3.8, 4) is 0 Å². The molecule has 1 aromatic heterocycles. The Bertz CT molecular complexity index is 800. The van der Waals surface area contributed by atoms with E-state index in [1.807, 2.05) is 24.3 Å². The molecule has 2 rings (SSSR count). The van der Waals surface area contributed by atoms with E-state index in [4.69, 9.17) is 0 Å². The molecule has 0 saturated heterocycles. The van der Waals surface area contributed by atoms with Crippen LogP contribution in [0.25, 0.3) is 5.57 Å². The van der Waals surface area contributed by atoms with Gasteiger partial charge < -0.3 is 5.11 Å². The summed E-state index contributed by atoms with van der Waals surface area (Å²) >= 11 is 0. The number of carbonyl (C=O) groups is 1. The third-order valence-corrected chi connectivity index (χ3v) is 5.96. The quantitative estimate of drug-likeness (QED) is 0.217. The van der Waals surface area contributed by atoms with Gasteiger partial charge in [0, 0.05) is 18.3 Å². The summed E-state index contributed by atoms with van der Waals surface area (Å²) in [4.78, 5) is 20.9. The van der Waals surface area contributed by atoms with E-state index < -0.39 is 5.97 Å². The van der Waals surface area contributed by atoms with Gasteiger partial charge in [-0.1, -0.05) is 108 Å². The minimum absolute atomic E-state index is 0.0470. The standard InChI is InChI=1S/C28H40N2O2/c1-3-5-7-9-12-16-23-21-29-27(30-22-23)26(28(31)32)20-25(19-13-10-8-6-4-2)24-17-14-11-15-18-24/h11,14-15,17-18,20-22,25H,3-10,12-13,16,19H2,1-2H3,(H,31,32)/b26-20+. The molecule has 1 atom stereocenters. The predicted octanol–water partition coefficient (Wildman–Crippen LogP) is 7.60. The van der Waals surface area contributed by atoms with E-state index in [9.17, 15) is 9.90 Å². The van der Waals surface area contributed by atoms with Gasteiger partial charge in [0.25, 0.3) is 0 Å². The van der Waals surface area contributed by atoms with Crippen LogP contribution in [-0.2, 0) is 11.2 Å². The molecule has 0 fully saturated rings. The second-order valence-corrected chi connectivity index (χ2v) is 8.68. The lowest BCUT2D eigenvalue weighted by molar-refractivity contribution is -0.130. The molecule has 0 aliphatic rings. The molecular weight excluding hydrogens is 396 g/mol. The average molecular weight is 437 g/mol. The second-order valence-electron chi connectivity index (χ2n) is 8.68. The monoisotopic (exact) mass is 436 g/mol. The van der Waals surface area contributed by atoms with Crippen molar-refractivity contribution in [3.05, 3.63) is 65.8 Å². The molecule has 0 amide bonds. The number of benzene rings is 1. The smallest absolute Gasteiger partial charge is 0.339 e. The molecule has 0 saturated carbocycles. The van der Waals surface area contributed by atoms with Crippen molar-refractivity contribution in [1.82, 2.24) is 9.97 Å². The SMILES string of the molecule is CCCCCCCc1cnc(/C(=C\C(CCCCCCC)c2ccccc2)C(=O)O)nc1. The van der Waals surface area contributed by atoms with Crippen molar-refractivity contribution >= 4 is 11.5 Å². The first-order valence-corrected chi connectivity index (χ1v) is 12.5. The number of hydrogen-bond acceptors (Lipinski definition) is 3. The number of nitrogens with zero attached hydrogens (tertiary/aromatic N) is 2. The molecule has 1 aromatic carbocycles. The highest BCUT2D eigenvalue weighted by molar-refractivity contribution is 6.14. The Kier molecular flexibility index (Phi) is 12.3. The summed E-state index contributed by atoms with van der Waals surface area (Å²) in [6, 6.07) is 10.2. The Morgan fingerprint density at radius 1 is 0.875 bits per heavy atom. The number of aromatic nitrogens is 2. The average Bonchev–Trinajstić information content (AvgIpc) is 2.81. The zero-order valence-electron chi connectivity index (χ0n) is 19.9. The lowest BCUT2D eigenvalue weighted by atomic mass is 9.90. The maximum absolute atomic E-state index is 12.1. The van der Waals surface area contributed by atoms with Crippen molar-refractivity contribution in [2.75, 3.05) is 0 Å². The molecule has 0 spiro atoms. The molecule has 32 heavy (non-hydrogen) atoms. The molecule has 4 heteroatoms. The van der Waals surface area contributed by atoms with Crippen molar-refractivity contribution in [2.45, 2.75) is 96.8 Å². The zero-order chi connectivity index (χ0) is 23.0. The Balaban J connectivity index is 2.11. The summed E-state index contributed by atoms with van der Waals surface area (Å²) in [6.07, 6.45) is 19.4. The van der Waals surface area contributed by atoms with E-state index in [1.54, 1.807) is 12.4 Å². The highest BCUT2D eigenvalue weighted by Crippen LogP contribution is 2.28. The van der Waals surface area contributed by atoms with Crippen molar-refractivity contribution in [1.29, 1.82) is 0 Å². The van der Waals surface area contributed by atoms with Crippen LogP contribution in [0.15, 0.2) is 48.8 Å². The highest BCUT2D eigenvalue weighted by Gasteiger charge is 2.18. The van der Waals surface area contributed by atoms with Crippen LogP contribution in [0.2, 0.25) is 0 Å². The number of rotatable bonds is 16. The van der Waals surface area contributed by atoms with Gasteiger partial charge in [-0.2, -0.15) is 0 Å². The molecule has 1 heterocycles. The second kappa shape index (κ2) is 15.3. The summed E-state index contributed by atoms with van der Waals surface area (Å²) in [5.74, 6) is -0.617. The minimum atomic E-state index is -0.968. The van der Waals surface area contributed by atoms with Crippen LogP contribution in [0.3, 0.4) is 0 Å². The van der Waals surface area contributed by atoms with Crippen LogP contribution in [-0.4, -0.2) is 21.0 Å². The third kappa shape index (κ3) is 9.33. The fourth-order valence-electron chi connectivity index (χ4n) is 4.01. The first-order valence-electron chi connectivity index (χ1n) is 12.5. The van der Waals surface area contributed by atoms with E-state index in [2.05, 4.69) is 35.9 Å². The van der Waals surface area contributed by atoms with Crippen molar-refractivity contribution in [2.24, 2.45) is 0 Å². The first-order chi connectivity index (χ1) is 15.7. The lowest BCUT2D eigenvalue weighted by Gasteiger charge is -2.15. The lowest BCUT2D eigenvalue weighted by Crippen LogP contribution is -2.07. The summed E-state index contributed by atoms with van der Waals surface area (Å²) < 4.78 is 0. The van der Waals surface area contributed by atoms with Crippen LogP contribution < -0.4 is 0 Å². The van der Waals surface area contributed by atoms with E-state index in [0.717, 1.165) is 36.8 Å². The zero-order valence-corrected chi connectivity index (χ0v) is 19.9. The van der Waals surface area contributed by atoms with Gasteiger partial charge in [0.05, 0.1) is 0 Å². The van der Waals surface area contributed by atoms with Crippen LogP contribution in [0, 0.1) is 0 Å². The maximum Gasteiger partial charge on any atom is 0.339 e. The Morgan fingerprint density at radius 2 is 1.47 bits per heavy atom. The topological polar surface area (TPSA) is 63.1 Å². The number of carboxylic acid groups (broad SMARTS) is 1. The van der Waals surface area contributed by atoms with Crippen LogP contribution >= 0.6 is 0 Å². The molecule has 174 valence electrons. The van der Waals surface area contributed by atoms with Gasteiger partial charge in [-0.25, -0.2) is 14.8 Å². The highest BCUT2D eigenvalue weighted by atomic mass is 16.4. The molecular formula is C28H40N2O2. The fraction of sp³-hybridized carbons (Fsp3) is 0.536. The third-order valence-electron chi connectivity index (χ3n) is 5.96. The van der Waals surface area contributed by atoms with Gasteiger partial charge >= 0.3 is 5.97 Å². The van der Waals surface area contributed by atoms with E-state index in [1.165, 1.54) is 51.4 Å². The number of unbranched alkanes of at least 4 members (excludes halogenated alkanes) is 8. The minimum Gasteiger partial charge on any atom is -0.478 e. The number of carboxylic acids is 1. The Labute approximate surface area is 194 Å². The molecule has 0 bridgehead atoms. The van der Waals surface area contributed by atoms with Crippen LogP contribution in [0.5, 0.6) is 0 Å². The van der Waals surface area contributed by atoms with E-state index in [-0.39, 0.29) is 11.5 Å². The summed E-state index contributed by atoms with van der Waals surface area (Å²) in [7, 11) is 0. The van der Waals surface area contributed by atoms with Gasteiger partial charge in [0.1, 0.15) is 5.57 Å². The van der Waals surface area contributed by atoms with Gasteiger partial charge in [-0.05, 0) is 30.4 Å². The van der Waals surface area contributed by atoms with Crippen LogP contribution in [0.4, 0.5) is 0 Å². The maximum atomic E-state index is 12.1. The van der Waals surface area contributed by atoms with E-state index in [0.29, 0.717) is 5.82 Å². The first kappa shape index (κ1) is 25.8. The molecule has 0 aliphatic heterocycles. The number of hydrogen-bond donors (Lipinski definition) is 1. The van der Waals surface area contributed by atoms with Crippen molar-refractivity contribution in [3.63, 3.8) is 0 Å².